The third kappa shape index (κ3) is 5.05. The molecule has 2 aromatic carbocycles. The number of nitrogens with zero attached hydrogens (tertiary/aromatic N) is 2. The maximum atomic E-state index is 12.3. The van der Waals surface area contributed by atoms with Crippen LogP contribution in [0.4, 0.5) is 0 Å². The topological polar surface area (TPSA) is 77.0 Å². The van der Waals surface area contributed by atoms with E-state index in [0.717, 1.165) is 11.1 Å². The molecule has 4 aromatic rings. The molecule has 0 aliphatic heterocycles. The number of nitrogens with one attached hydrogen (secondary N) is 1. The molecule has 0 radical (unpaired) electrons. The summed E-state index contributed by atoms with van der Waals surface area (Å²) in [6.45, 7) is 2.38. The van der Waals surface area contributed by atoms with Crippen molar-refractivity contribution in [3.05, 3.63) is 106 Å². The average Bonchev–Trinajstić information content (AvgIpc) is 3.15. The minimum atomic E-state index is -0.259. The number of ketones is 1. The first-order valence-corrected chi connectivity index (χ1v) is 10.1. The number of hydrogen-bond acceptors (Lipinski definition) is 4. The molecule has 31 heavy (non-hydrogen) atoms. The molecule has 0 fully saturated rings. The van der Waals surface area contributed by atoms with Gasteiger partial charge in [-0.3, -0.25) is 14.7 Å². The Bertz CT molecular complexity index is 1210. The fourth-order valence-electron chi connectivity index (χ4n) is 3.32. The summed E-state index contributed by atoms with van der Waals surface area (Å²) in [4.78, 5) is 27.9. The van der Waals surface area contributed by atoms with Gasteiger partial charge in [0.2, 0.25) is 0 Å². The number of aromatic nitrogens is 3. The van der Waals surface area contributed by atoms with Crippen molar-refractivity contribution in [3.63, 3.8) is 0 Å². The van der Waals surface area contributed by atoms with Crippen LogP contribution in [0.1, 0.15) is 23.6 Å². The van der Waals surface area contributed by atoms with Gasteiger partial charge in [-0.15, -0.1) is 0 Å². The molecule has 0 unspecified atom stereocenters. The highest BCUT2D eigenvalue weighted by Gasteiger charge is 2.10. The number of rotatable bonds is 8. The van der Waals surface area contributed by atoms with Gasteiger partial charge in [-0.05, 0) is 35.2 Å². The Morgan fingerprint density at radius 3 is 2.29 bits per heavy atom. The number of H-pyrrole nitrogens is 1. The molecule has 0 spiro atoms. The highest BCUT2D eigenvalue weighted by Crippen LogP contribution is 2.19. The van der Waals surface area contributed by atoms with Crippen LogP contribution in [-0.2, 0) is 29.2 Å². The Morgan fingerprint density at radius 2 is 1.61 bits per heavy atom. The van der Waals surface area contributed by atoms with Crippen molar-refractivity contribution in [2.45, 2.75) is 26.6 Å². The quantitative estimate of drug-likeness (QED) is 0.472. The first kappa shape index (κ1) is 20.5. The van der Waals surface area contributed by atoms with Crippen LogP contribution in [0.5, 0.6) is 0 Å². The van der Waals surface area contributed by atoms with Gasteiger partial charge in [-0.25, -0.2) is 9.67 Å². The van der Waals surface area contributed by atoms with E-state index >= 15 is 0 Å². The van der Waals surface area contributed by atoms with Crippen LogP contribution in [0.2, 0.25) is 0 Å². The van der Waals surface area contributed by atoms with Crippen molar-refractivity contribution in [2.75, 3.05) is 0 Å². The van der Waals surface area contributed by atoms with E-state index in [1.165, 1.54) is 22.7 Å². The maximum absolute atomic E-state index is 12.3. The monoisotopic (exact) mass is 413 g/mol. The number of Topliss-reactive ketones (excluding diaryl/α,β-unsaturated/α-hetero) is 1. The van der Waals surface area contributed by atoms with Crippen molar-refractivity contribution in [1.29, 1.82) is 0 Å². The van der Waals surface area contributed by atoms with Gasteiger partial charge in [-0.2, -0.15) is 0 Å². The molecule has 2 heterocycles. The van der Waals surface area contributed by atoms with Crippen molar-refractivity contribution in [1.82, 2.24) is 14.8 Å². The first-order valence-electron chi connectivity index (χ1n) is 10.1. The van der Waals surface area contributed by atoms with E-state index in [1.807, 2.05) is 24.3 Å². The van der Waals surface area contributed by atoms with E-state index in [4.69, 9.17) is 4.74 Å². The number of hydrogen-bond donors (Lipinski definition) is 1. The summed E-state index contributed by atoms with van der Waals surface area (Å²) >= 11 is 0. The predicted octanol–water partition coefficient (Wildman–Crippen LogP) is 4.08. The van der Waals surface area contributed by atoms with E-state index in [1.54, 1.807) is 18.5 Å². The Kier molecular flexibility index (Phi) is 6.19. The molecule has 0 amide bonds. The Morgan fingerprint density at radius 1 is 0.935 bits per heavy atom. The average molecular weight is 413 g/mol. The van der Waals surface area contributed by atoms with Gasteiger partial charge in [-0.1, -0.05) is 60.7 Å². The zero-order valence-electron chi connectivity index (χ0n) is 17.2. The predicted molar refractivity (Wildman–Crippen MR) is 119 cm³/mol. The third-order valence-electron chi connectivity index (χ3n) is 4.92. The molecule has 1 N–H and O–H groups in total. The summed E-state index contributed by atoms with van der Waals surface area (Å²) in [5.41, 5.74) is 4.55. The number of carbonyl (C=O) groups is 1. The molecule has 6 heteroatoms. The number of benzene rings is 2. The molecule has 2 aromatic heterocycles. The lowest BCUT2D eigenvalue weighted by Gasteiger charge is -2.07. The molecule has 156 valence electrons. The van der Waals surface area contributed by atoms with Gasteiger partial charge in [0, 0.05) is 24.4 Å². The highest BCUT2D eigenvalue weighted by atomic mass is 16.5. The second-order valence-electron chi connectivity index (χ2n) is 7.40. The molecular weight excluding hydrogens is 390 g/mol. The van der Waals surface area contributed by atoms with Crippen LogP contribution in [0.3, 0.4) is 0 Å². The smallest absolute Gasteiger partial charge is 0.276 e. The number of ether oxygens (including phenoxy) is 1. The number of aromatic amines is 1. The van der Waals surface area contributed by atoms with Gasteiger partial charge in [0.1, 0.15) is 5.78 Å². The minimum absolute atomic E-state index is 0.0570. The van der Waals surface area contributed by atoms with E-state index < -0.39 is 0 Å². The van der Waals surface area contributed by atoms with Gasteiger partial charge >= 0.3 is 0 Å². The van der Waals surface area contributed by atoms with Crippen LogP contribution in [0, 0.1) is 0 Å². The summed E-state index contributed by atoms with van der Waals surface area (Å²) in [7, 11) is 0. The van der Waals surface area contributed by atoms with E-state index in [2.05, 4.69) is 46.5 Å². The second kappa shape index (κ2) is 9.36. The fraction of sp³-hybridized carbons (Fsp3) is 0.160. The molecule has 0 saturated carbocycles. The van der Waals surface area contributed by atoms with Crippen molar-refractivity contribution < 1.29 is 9.53 Å². The molecule has 0 atom stereocenters. The Labute approximate surface area is 180 Å². The van der Waals surface area contributed by atoms with Crippen molar-refractivity contribution in [3.8, 4) is 16.9 Å². The maximum Gasteiger partial charge on any atom is 0.276 e. The Hall–Kier alpha value is -3.77. The molecule has 6 nitrogen and oxygen atoms in total. The zero-order valence-corrected chi connectivity index (χ0v) is 17.2. The standard InChI is InChI=1S/C25H23N3O3/c1-18(29)13-23-15-27-28(25(23)30)24-12-9-20(14-26-24)17-31-16-19-7-10-22(11-8-19)21-5-3-2-4-6-21/h2-12,14-15,27H,13,16-17H2,1H3. The summed E-state index contributed by atoms with van der Waals surface area (Å²) in [6, 6.07) is 22.2. The first-order chi connectivity index (χ1) is 15.1. The molecule has 0 saturated heterocycles. The van der Waals surface area contributed by atoms with Crippen molar-refractivity contribution >= 4 is 5.78 Å². The van der Waals surface area contributed by atoms with Crippen LogP contribution in [0.25, 0.3) is 16.9 Å². The summed E-state index contributed by atoms with van der Waals surface area (Å²) in [6.07, 6.45) is 3.35. The molecule has 0 bridgehead atoms. The van der Waals surface area contributed by atoms with E-state index in [9.17, 15) is 9.59 Å². The van der Waals surface area contributed by atoms with Crippen LogP contribution in [-0.4, -0.2) is 20.5 Å². The highest BCUT2D eigenvalue weighted by molar-refractivity contribution is 5.78. The summed E-state index contributed by atoms with van der Waals surface area (Å²) in [5, 5.41) is 2.85. The molecule has 4 rings (SSSR count). The van der Waals surface area contributed by atoms with Crippen LogP contribution in [0.15, 0.2) is 83.9 Å². The fourth-order valence-corrected chi connectivity index (χ4v) is 3.32. The zero-order chi connectivity index (χ0) is 21.6. The van der Waals surface area contributed by atoms with E-state index in [-0.39, 0.29) is 17.8 Å². The summed E-state index contributed by atoms with van der Waals surface area (Å²) < 4.78 is 7.15. The largest absolute Gasteiger partial charge is 0.372 e. The SMILES string of the molecule is CC(=O)Cc1c[nH]n(-c2ccc(COCc3ccc(-c4ccccc4)cc3)cn2)c1=O. The lowest BCUT2D eigenvalue weighted by Crippen LogP contribution is -2.19. The van der Waals surface area contributed by atoms with Crippen molar-refractivity contribution in [2.24, 2.45) is 0 Å². The number of pyridine rings is 1. The second-order valence-corrected chi connectivity index (χ2v) is 7.40. The van der Waals surface area contributed by atoms with Gasteiger partial charge < -0.3 is 4.74 Å². The molecule has 0 aliphatic rings. The molecular formula is C25H23N3O3. The van der Waals surface area contributed by atoms with Gasteiger partial charge in [0.05, 0.1) is 13.2 Å². The third-order valence-corrected chi connectivity index (χ3v) is 4.92. The summed E-state index contributed by atoms with van der Waals surface area (Å²) in [5.74, 6) is 0.415. The molecule has 0 aliphatic carbocycles. The lowest BCUT2D eigenvalue weighted by molar-refractivity contribution is -0.116. The minimum Gasteiger partial charge on any atom is -0.372 e. The normalized spacial score (nSPS) is 10.9. The van der Waals surface area contributed by atoms with Crippen LogP contribution >= 0.6 is 0 Å². The van der Waals surface area contributed by atoms with Gasteiger partial charge in [0.25, 0.3) is 5.56 Å². The van der Waals surface area contributed by atoms with Gasteiger partial charge in [0.15, 0.2) is 5.82 Å². The Balaban J connectivity index is 1.33. The number of carbonyl (C=O) groups excluding carboxylic acids is 1. The van der Waals surface area contributed by atoms with E-state index in [0.29, 0.717) is 24.6 Å². The van der Waals surface area contributed by atoms with Crippen LogP contribution < -0.4 is 5.56 Å². The lowest BCUT2D eigenvalue weighted by atomic mass is 10.0.